The van der Waals surface area contributed by atoms with Crippen molar-refractivity contribution in [3.63, 3.8) is 0 Å². The highest BCUT2D eigenvalue weighted by Crippen LogP contribution is 2.45. The number of hydrogen-bond donors (Lipinski definition) is 0. The first-order chi connectivity index (χ1) is 14.7. The highest BCUT2D eigenvalue weighted by atomic mass is 16.5. The molecule has 0 unspecified atom stereocenters. The molecule has 158 valence electrons. The molecular weight excluding hydrogens is 380 g/mol. The molecule has 0 radical (unpaired) electrons. The van der Waals surface area contributed by atoms with Crippen molar-refractivity contribution >= 4 is 16.9 Å². The average molecular weight is 408 g/mol. The van der Waals surface area contributed by atoms with Crippen LogP contribution in [-0.4, -0.2) is 47.8 Å². The van der Waals surface area contributed by atoms with Gasteiger partial charge in [-0.3, -0.25) is 9.69 Å². The Bertz CT molecular complexity index is 1040. The number of ether oxygens (including phenoxy) is 2. The van der Waals surface area contributed by atoms with Gasteiger partial charge < -0.3 is 18.5 Å². The summed E-state index contributed by atoms with van der Waals surface area (Å²) in [6.07, 6.45) is 3.79. The van der Waals surface area contributed by atoms with Gasteiger partial charge in [-0.05, 0) is 43.5 Å². The number of methoxy groups -OCH3 is 1. The molecule has 0 saturated carbocycles. The van der Waals surface area contributed by atoms with E-state index in [1.165, 1.54) is 16.6 Å². The molecule has 1 saturated heterocycles. The number of benzene rings is 1. The van der Waals surface area contributed by atoms with Crippen LogP contribution in [0.25, 0.3) is 10.9 Å². The quantitative estimate of drug-likeness (QED) is 0.582. The molecular formula is C24H28N2O4. The second-order valence-corrected chi connectivity index (χ2v) is 8.26. The van der Waals surface area contributed by atoms with E-state index in [0.717, 1.165) is 37.2 Å². The Labute approximate surface area is 176 Å². The summed E-state index contributed by atoms with van der Waals surface area (Å²) < 4.78 is 19.1. The molecule has 1 fully saturated rings. The van der Waals surface area contributed by atoms with Gasteiger partial charge in [0.2, 0.25) is 0 Å². The van der Waals surface area contributed by atoms with Crippen LogP contribution in [-0.2, 0) is 33.8 Å². The zero-order valence-electron chi connectivity index (χ0n) is 17.5. The number of carbonyl (C=O) groups excluding carboxylic acids is 1. The second-order valence-electron chi connectivity index (χ2n) is 8.26. The maximum Gasteiger partial charge on any atom is 0.325 e. The minimum atomic E-state index is -0.188. The Hall–Kier alpha value is -2.57. The van der Waals surface area contributed by atoms with E-state index in [1.54, 1.807) is 13.4 Å². The van der Waals surface area contributed by atoms with E-state index >= 15 is 0 Å². The molecule has 0 N–H and O–H groups in total. The average Bonchev–Trinajstić information content (AvgIpc) is 3.37. The third-order valence-electron chi connectivity index (χ3n) is 6.65. The fourth-order valence-corrected chi connectivity index (χ4v) is 5.41. The number of likely N-dealkylation sites (tertiary alicyclic amines) is 1. The molecule has 6 heteroatoms. The number of rotatable bonds is 6. The predicted molar refractivity (Wildman–Crippen MR) is 113 cm³/mol. The number of esters is 1. The van der Waals surface area contributed by atoms with Crippen molar-refractivity contribution in [2.24, 2.45) is 0 Å². The number of piperidine rings is 1. The number of fused-ring (bicyclic) bond motifs is 6. The summed E-state index contributed by atoms with van der Waals surface area (Å²) in [6.45, 7) is 4.14. The maximum atomic E-state index is 12.4. The standard InChI is InChI=1S/C24H28N2O4/c1-3-29-23(27)15-26-21-9-5-4-8-18(21)19-11-16-12-20(24(19)26)22(28-2)14-25(16)13-17-7-6-10-30-17/h4-10,16,20,22H,3,11-15H2,1-2H3/t16-,20+,22-/m0/s1. The van der Waals surface area contributed by atoms with Crippen LogP contribution < -0.4 is 0 Å². The molecule has 3 atom stereocenters. The van der Waals surface area contributed by atoms with Crippen molar-refractivity contribution in [3.05, 3.63) is 59.7 Å². The smallest absolute Gasteiger partial charge is 0.325 e. The van der Waals surface area contributed by atoms with Gasteiger partial charge in [0.05, 0.1) is 25.5 Å². The molecule has 2 bridgehead atoms. The summed E-state index contributed by atoms with van der Waals surface area (Å²) in [4.78, 5) is 14.9. The van der Waals surface area contributed by atoms with Gasteiger partial charge in [-0.15, -0.1) is 0 Å². The SMILES string of the molecule is CCOC(=O)Cn1c2c(c3ccccc31)C[C@H]1C[C@@H]2[C@@H](OC)CN1Cc1ccco1. The summed E-state index contributed by atoms with van der Waals surface area (Å²) in [5, 5.41) is 1.24. The van der Waals surface area contributed by atoms with Crippen molar-refractivity contribution < 1.29 is 18.7 Å². The molecule has 5 rings (SSSR count). The van der Waals surface area contributed by atoms with Crippen LogP contribution in [0.4, 0.5) is 0 Å². The van der Waals surface area contributed by atoms with Crippen molar-refractivity contribution in [2.75, 3.05) is 20.3 Å². The molecule has 2 aliphatic rings. The Morgan fingerprint density at radius 2 is 2.10 bits per heavy atom. The molecule has 1 aliphatic heterocycles. The predicted octanol–water partition coefficient (Wildman–Crippen LogP) is 3.73. The largest absolute Gasteiger partial charge is 0.468 e. The highest BCUT2D eigenvalue weighted by molar-refractivity contribution is 5.87. The Morgan fingerprint density at radius 3 is 2.87 bits per heavy atom. The summed E-state index contributed by atoms with van der Waals surface area (Å²) in [6, 6.07) is 12.8. The number of hydrogen-bond acceptors (Lipinski definition) is 5. The monoisotopic (exact) mass is 408 g/mol. The molecule has 2 aromatic heterocycles. The van der Waals surface area contributed by atoms with Gasteiger partial charge in [-0.1, -0.05) is 18.2 Å². The first-order valence-electron chi connectivity index (χ1n) is 10.7. The first-order valence-corrected chi connectivity index (χ1v) is 10.7. The van der Waals surface area contributed by atoms with Gasteiger partial charge in [-0.2, -0.15) is 0 Å². The van der Waals surface area contributed by atoms with Crippen LogP contribution in [0.3, 0.4) is 0 Å². The third kappa shape index (κ3) is 3.24. The van der Waals surface area contributed by atoms with Gasteiger partial charge in [-0.25, -0.2) is 0 Å². The molecule has 0 spiro atoms. The van der Waals surface area contributed by atoms with Gasteiger partial charge in [0, 0.05) is 42.2 Å². The van der Waals surface area contributed by atoms with E-state index in [-0.39, 0.29) is 24.5 Å². The van der Waals surface area contributed by atoms with E-state index in [1.807, 2.05) is 25.1 Å². The summed E-state index contributed by atoms with van der Waals surface area (Å²) >= 11 is 0. The molecule has 3 heterocycles. The van der Waals surface area contributed by atoms with Gasteiger partial charge >= 0.3 is 5.97 Å². The lowest BCUT2D eigenvalue weighted by Gasteiger charge is -2.47. The molecule has 1 aliphatic carbocycles. The minimum absolute atomic E-state index is 0.0699. The summed E-state index contributed by atoms with van der Waals surface area (Å²) in [7, 11) is 1.79. The van der Waals surface area contributed by atoms with E-state index in [9.17, 15) is 4.79 Å². The number of furan rings is 1. The number of carbonyl (C=O) groups is 1. The van der Waals surface area contributed by atoms with Crippen LogP contribution in [0, 0.1) is 0 Å². The zero-order valence-corrected chi connectivity index (χ0v) is 17.5. The molecule has 3 aromatic rings. The van der Waals surface area contributed by atoms with Gasteiger partial charge in [0.15, 0.2) is 0 Å². The first kappa shape index (κ1) is 19.4. The highest BCUT2D eigenvalue weighted by Gasteiger charge is 2.44. The lowest BCUT2D eigenvalue weighted by Crippen LogP contribution is -2.52. The topological polar surface area (TPSA) is 56.8 Å². The lowest BCUT2D eigenvalue weighted by molar-refractivity contribution is -0.143. The number of aromatic nitrogens is 1. The zero-order chi connectivity index (χ0) is 20.7. The van der Waals surface area contributed by atoms with Crippen molar-refractivity contribution in [1.82, 2.24) is 9.47 Å². The molecule has 0 amide bonds. The Kier molecular flexibility index (Phi) is 5.13. The molecule has 1 aromatic carbocycles. The Balaban J connectivity index is 1.57. The van der Waals surface area contributed by atoms with Gasteiger partial charge in [0.25, 0.3) is 0 Å². The fraction of sp³-hybridized carbons (Fsp3) is 0.458. The molecule has 6 nitrogen and oxygen atoms in total. The van der Waals surface area contributed by atoms with E-state index in [0.29, 0.717) is 12.6 Å². The summed E-state index contributed by atoms with van der Waals surface area (Å²) in [5.41, 5.74) is 3.71. The molecule has 30 heavy (non-hydrogen) atoms. The van der Waals surface area contributed by atoms with Crippen molar-refractivity contribution in [2.45, 2.75) is 50.9 Å². The van der Waals surface area contributed by atoms with Crippen molar-refractivity contribution in [1.29, 1.82) is 0 Å². The Morgan fingerprint density at radius 1 is 1.23 bits per heavy atom. The van der Waals surface area contributed by atoms with E-state index < -0.39 is 0 Å². The normalized spacial score (nSPS) is 23.5. The lowest BCUT2D eigenvalue weighted by atomic mass is 9.76. The van der Waals surface area contributed by atoms with E-state index in [2.05, 4.69) is 27.7 Å². The minimum Gasteiger partial charge on any atom is -0.468 e. The number of nitrogens with zero attached hydrogens (tertiary/aromatic N) is 2. The van der Waals surface area contributed by atoms with Crippen LogP contribution >= 0.6 is 0 Å². The van der Waals surface area contributed by atoms with Crippen LogP contribution in [0.1, 0.15) is 36.3 Å². The van der Waals surface area contributed by atoms with Gasteiger partial charge in [0.1, 0.15) is 12.3 Å². The maximum absolute atomic E-state index is 12.4. The van der Waals surface area contributed by atoms with E-state index in [4.69, 9.17) is 13.9 Å². The van der Waals surface area contributed by atoms with Crippen LogP contribution in [0.15, 0.2) is 47.1 Å². The van der Waals surface area contributed by atoms with Crippen LogP contribution in [0.5, 0.6) is 0 Å². The van der Waals surface area contributed by atoms with Crippen LogP contribution in [0.2, 0.25) is 0 Å². The number of para-hydroxylation sites is 1. The van der Waals surface area contributed by atoms with Crippen molar-refractivity contribution in [3.8, 4) is 0 Å². The second kappa shape index (κ2) is 7.93. The summed E-state index contributed by atoms with van der Waals surface area (Å²) in [5.74, 6) is 1.06. The third-order valence-corrected chi connectivity index (χ3v) is 6.65. The fourth-order valence-electron chi connectivity index (χ4n) is 5.41.